The third-order valence-electron chi connectivity index (χ3n) is 10.5. The van der Waals surface area contributed by atoms with Crippen LogP contribution in [0.15, 0.2) is 42.2 Å². The second-order valence-corrected chi connectivity index (χ2v) is 12.3. The number of hydrogen-bond acceptors (Lipinski definition) is 6. The van der Waals surface area contributed by atoms with Crippen molar-refractivity contribution in [2.45, 2.75) is 58.5 Å². The van der Waals surface area contributed by atoms with E-state index in [0.29, 0.717) is 24.1 Å². The van der Waals surface area contributed by atoms with Crippen molar-refractivity contribution < 1.29 is 14.6 Å². The summed E-state index contributed by atoms with van der Waals surface area (Å²) in [7, 11) is 0. The summed E-state index contributed by atoms with van der Waals surface area (Å²) in [6.45, 7) is 4.61. The standard InChI is InChI=1S/C30H34N4O3/c1-29-12-17-14-32-34-24(17)11-18(29)7-8-19-20-9-10-21(30(20,2)13-25(35)28(19)29)26(36)16-37-27-15-31-22-5-3-4-6-23(22)33-27/h3-6,11,14-15,19-21,25,28,35H,7-10,12-13,16H2,1-2H3,(H,32,34). The highest BCUT2D eigenvalue weighted by atomic mass is 16.5. The fraction of sp³-hybridized carbons (Fsp3) is 0.533. The number of aromatic nitrogens is 4. The Labute approximate surface area is 216 Å². The van der Waals surface area contributed by atoms with E-state index in [0.717, 1.165) is 48.8 Å². The van der Waals surface area contributed by atoms with E-state index in [1.54, 1.807) is 6.20 Å². The van der Waals surface area contributed by atoms with E-state index >= 15 is 0 Å². The quantitative estimate of drug-likeness (QED) is 0.537. The van der Waals surface area contributed by atoms with Gasteiger partial charge in [0.2, 0.25) is 5.88 Å². The molecule has 4 aliphatic rings. The van der Waals surface area contributed by atoms with Crippen molar-refractivity contribution in [2.75, 3.05) is 6.61 Å². The van der Waals surface area contributed by atoms with Crippen LogP contribution in [0.1, 0.15) is 57.2 Å². The van der Waals surface area contributed by atoms with Crippen molar-refractivity contribution in [3.8, 4) is 5.88 Å². The van der Waals surface area contributed by atoms with E-state index in [9.17, 15) is 9.90 Å². The SMILES string of the molecule is CC12Cc3cn[nH]c3C=C1CCC1C2C(O)CC2(C)C(C(=O)COc3cnc4ccccc4n3)CCC12. The normalized spacial score (nSPS) is 36.2. The van der Waals surface area contributed by atoms with Gasteiger partial charge in [-0.05, 0) is 90.9 Å². The Morgan fingerprint density at radius 1 is 1.16 bits per heavy atom. The molecule has 7 unspecified atom stereocenters. The van der Waals surface area contributed by atoms with Gasteiger partial charge in [-0.15, -0.1) is 0 Å². The molecule has 2 aromatic heterocycles. The maximum atomic E-state index is 13.5. The maximum absolute atomic E-state index is 13.5. The van der Waals surface area contributed by atoms with Crippen molar-refractivity contribution in [1.29, 1.82) is 0 Å². The molecule has 0 aliphatic heterocycles. The zero-order chi connectivity index (χ0) is 25.4. The average molecular weight is 499 g/mol. The van der Waals surface area contributed by atoms with Crippen LogP contribution in [0.2, 0.25) is 0 Å². The van der Waals surface area contributed by atoms with E-state index in [1.807, 2.05) is 30.5 Å². The van der Waals surface area contributed by atoms with E-state index in [2.05, 4.69) is 40.1 Å². The number of hydrogen-bond donors (Lipinski definition) is 2. The lowest BCUT2D eigenvalue weighted by atomic mass is 9.46. The number of Topliss-reactive ketones (excluding diaryl/α,β-unsaturated/α-hetero) is 1. The lowest BCUT2D eigenvalue weighted by molar-refractivity contribution is -0.143. The van der Waals surface area contributed by atoms with E-state index in [1.165, 1.54) is 11.1 Å². The van der Waals surface area contributed by atoms with Crippen LogP contribution in [0.4, 0.5) is 0 Å². The van der Waals surface area contributed by atoms with E-state index in [4.69, 9.17) is 4.74 Å². The molecule has 0 amide bonds. The zero-order valence-electron chi connectivity index (χ0n) is 21.5. The largest absolute Gasteiger partial charge is 0.469 e. The van der Waals surface area contributed by atoms with Crippen LogP contribution < -0.4 is 4.74 Å². The summed E-state index contributed by atoms with van der Waals surface area (Å²) < 4.78 is 5.86. The number of carbonyl (C=O) groups is 1. The molecule has 2 N–H and O–H groups in total. The van der Waals surface area contributed by atoms with Crippen molar-refractivity contribution in [3.05, 3.63) is 53.5 Å². The topological polar surface area (TPSA) is 101 Å². The summed E-state index contributed by atoms with van der Waals surface area (Å²) in [5.41, 5.74) is 5.13. The van der Waals surface area contributed by atoms with Gasteiger partial charge in [0.05, 0.1) is 35.2 Å². The minimum Gasteiger partial charge on any atom is -0.469 e. The number of ether oxygens (including phenoxy) is 1. The predicted octanol–water partition coefficient (Wildman–Crippen LogP) is 4.77. The molecule has 7 atom stereocenters. The first-order valence-corrected chi connectivity index (χ1v) is 13.7. The van der Waals surface area contributed by atoms with Crippen LogP contribution in [0, 0.1) is 34.5 Å². The molecule has 192 valence electrons. The molecule has 0 bridgehead atoms. The molecule has 0 spiro atoms. The molecule has 3 saturated carbocycles. The number of benzene rings is 1. The summed E-state index contributed by atoms with van der Waals surface area (Å²) >= 11 is 0. The summed E-state index contributed by atoms with van der Waals surface area (Å²) in [5, 5.41) is 19.1. The molecule has 7 nitrogen and oxygen atoms in total. The molecule has 0 radical (unpaired) electrons. The summed E-state index contributed by atoms with van der Waals surface area (Å²) in [5.74, 6) is 1.48. The van der Waals surface area contributed by atoms with Gasteiger partial charge in [0.1, 0.15) is 6.61 Å². The highest BCUT2D eigenvalue weighted by Gasteiger charge is 2.63. The van der Waals surface area contributed by atoms with Crippen molar-refractivity contribution in [1.82, 2.24) is 20.2 Å². The number of aliphatic hydroxyl groups is 1. The number of carbonyl (C=O) groups excluding carboxylic acids is 1. The van der Waals surface area contributed by atoms with Crippen molar-refractivity contribution in [3.63, 3.8) is 0 Å². The monoisotopic (exact) mass is 498 g/mol. The highest BCUT2D eigenvalue weighted by molar-refractivity contribution is 5.84. The second-order valence-electron chi connectivity index (χ2n) is 12.3. The van der Waals surface area contributed by atoms with Gasteiger partial charge >= 0.3 is 0 Å². The van der Waals surface area contributed by atoms with Gasteiger partial charge in [0.25, 0.3) is 0 Å². The Bertz CT molecular complexity index is 1410. The van der Waals surface area contributed by atoms with Crippen LogP contribution >= 0.6 is 0 Å². The Morgan fingerprint density at radius 3 is 2.86 bits per heavy atom. The molecule has 4 aliphatic carbocycles. The Balaban J connectivity index is 1.10. The minimum atomic E-state index is -0.422. The highest BCUT2D eigenvalue weighted by Crippen LogP contribution is 2.66. The molecular weight excluding hydrogens is 464 g/mol. The smallest absolute Gasteiger partial charge is 0.233 e. The number of nitrogens with one attached hydrogen (secondary N) is 1. The zero-order valence-corrected chi connectivity index (χ0v) is 21.5. The number of nitrogens with zero attached hydrogens (tertiary/aromatic N) is 3. The van der Waals surface area contributed by atoms with E-state index < -0.39 is 6.10 Å². The summed E-state index contributed by atoms with van der Waals surface area (Å²) in [6.07, 6.45) is 11.0. The van der Waals surface area contributed by atoms with Gasteiger partial charge in [-0.25, -0.2) is 9.97 Å². The van der Waals surface area contributed by atoms with Gasteiger partial charge < -0.3 is 9.84 Å². The van der Waals surface area contributed by atoms with Crippen LogP contribution in [0.5, 0.6) is 5.88 Å². The Kier molecular flexibility index (Phi) is 5.13. The first-order valence-electron chi connectivity index (χ1n) is 13.7. The minimum absolute atomic E-state index is 0.00193. The number of fused-ring (bicyclic) bond motifs is 7. The fourth-order valence-electron chi connectivity index (χ4n) is 8.88. The first kappa shape index (κ1) is 23.1. The summed E-state index contributed by atoms with van der Waals surface area (Å²) in [4.78, 5) is 22.4. The van der Waals surface area contributed by atoms with Gasteiger partial charge in [-0.3, -0.25) is 9.89 Å². The van der Waals surface area contributed by atoms with Crippen molar-refractivity contribution >= 4 is 22.9 Å². The number of rotatable bonds is 4. The number of allylic oxidation sites excluding steroid dienone is 1. The number of aliphatic hydroxyl groups excluding tert-OH is 1. The third-order valence-corrected chi connectivity index (χ3v) is 10.5. The van der Waals surface area contributed by atoms with Crippen LogP contribution in [0.25, 0.3) is 17.1 Å². The maximum Gasteiger partial charge on any atom is 0.233 e. The van der Waals surface area contributed by atoms with Crippen molar-refractivity contribution in [2.24, 2.45) is 34.5 Å². The van der Waals surface area contributed by atoms with Gasteiger partial charge in [0, 0.05) is 5.92 Å². The first-order chi connectivity index (χ1) is 17.9. The molecule has 7 rings (SSSR count). The van der Waals surface area contributed by atoms with E-state index in [-0.39, 0.29) is 35.1 Å². The molecule has 0 saturated heterocycles. The van der Waals surface area contributed by atoms with Gasteiger partial charge in [0.15, 0.2) is 5.78 Å². The lowest BCUT2D eigenvalue weighted by Crippen LogP contribution is -2.57. The molecular formula is C30H34N4O3. The second kappa shape index (κ2) is 8.22. The number of para-hydroxylation sites is 2. The third kappa shape index (κ3) is 3.43. The van der Waals surface area contributed by atoms with Gasteiger partial charge in [-0.2, -0.15) is 5.10 Å². The lowest BCUT2D eigenvalue weighted by Gasteiger charge is -2.59. The number of H-pyrrole nitrogens is 1. The number of ketones is 1. The molecule has 3 fully saturated rings. The van der Waals surface area contributed by atoms with Crippen LogP contribution in [-0.4, -0.2) is 43.8 Å². The molecule has 2 heterocycles. The Morgan fingerprint density at radius 2 is 2.00 bits per heavy atom. The molecule has 7 heteroatoms. The molecule has 3 aromatic rings. The molecule has 37 heavy (non-hydrogen) atoms. The number of aromatic amines is 1. The fourth-order valence-corrected chi connectivity index (χ4v) is 8.88. The van der Waals surface area contributed by atoms with Gasteiger partial charge in [-0.1, -0.05) is 31.6 Å². The summed E-state index contributed by atoms with van der Waals surface area (Å²) in [6, 6.07) is 7.64. The van der Waals surface area contributed by atoms with Crippen LogP contribution in [0.3, 0.4) is 0 Å². The van der Waals surface area contributed by atoms with Crippen LogP contribution in [-0.2, 0) is 11.2 Å². The Hall–Kier alpha value is -3.06. The predicted molar refractivity (Wildman–Crippen MR) is 140 cm³/mol. The molecule has 1 aromatic carbocycles. The average Bonchev–Trinajstić information content (AvgIpc) is 3.48.